The van der Waals surface area contributed by atoms with E-state index in [0.29, 0.717) is 5.69 Å². The van der Waals surface area contributed by atoms with Gasteiger partial charge in [0.1, 0.15) is 0 Å². The van der Waals surface area contributed by atoms with Gasteiger partial charge in [-0.05, 0) is 12.1 Å². The molecule has 0 fully saturated rings. The van der Waals surface area contributed by atoms with Gasteiger partial charge in [-0.15, -0.1) is 0 Å². The second kappa shape index (κ2) is 5.63. The van der Waals surface area contributed by atoms with Crippen molar-refractivity contribution < 1.29 is 13.6 Å². The van der Waals surface area contributed by atoms with E-state index >= 15 is 0 Å². The molecular formula is C10H13NO3S. The van der Waals surface area contributed by atoms with Crippen LogP contribution < -0.4 is 5.32 Å². The summed E-state index contributed by atoms with van der Waals surface area (Å²) in [5, 5.41) is 2.66. The van der Waals surface area contributed by atoms with E-state index < -0.39 is 17.0 Å². The minimum absolute atomic E-state index is 0.0430. The van der Waals surface area contributed by atoms with Crippen molar-refractivity contribution >= 4 is 22.7 Å². The lowest BCUT2D eigenvalue weighted by Gasteiger charge is -2.09. The van der Waals surface area contributed by atoms with Crippen LogP contribution in [0.15, 0.2) is 30.3 Å². The zero-order valence-corrected chi connectivity index (χ0v) is 9.16. The Balaban J connectivity index is 2.52. The Kier molecular flexibility index (Phi) is 4.45. The standard InChI is InChI=1S/C10H13NO3S/c1-8(7-15(13)14)10(12)11-9-5-3-2-4-6-9/h2-6,8H,7H2,1H3,(H,11,12)(H,13,14). The summed E-state index contributed by atoms with van der Waals surface area (Å²) in [6, 6.07) is 9.00. The molecule has 0 aliphatic carbocycles. The molecule has 0 aliphatic rings. The van der Waals surface area contributed by atoms with E-state index in [1.165, 1.54) is 0 Å². The molecule has 0 heterocycles. The molecule has 0 radical (unpaired) electrons. The van der Waals surface area contributed by atoms with E-state index in [4.69, 9.17) is 4.55 Å². The fourth-order valence-corrected chi connectivity index (χ4v) is 1.66. The van der Waals surface area contributed by atoms with Crippen molar-refractivity contribution in [1.29, 1.82) is 0 Å². The third-order valence-corrected chi connectivity index (χ3v) is 2.67. The molecule has 2 atom stereocenters. The Morgan fingerprint density at radius 3 is 2.60 bits per heavy atom. The summed E-state index contributed by atoms with van der Waals surface area (Å²) in [7, 11) is 0. The number of benzene rings is 1. The maximum Gasteiger partial charge on any atom is 0.228 e. The van der Waals surface area contributed by atoms with Crippen LogP contribution in [-0.2, 0) is 15.9 Å². The van der Waals surface area contributed by atoms with E-state index in [9.17, 15) is 9.00 Å². The van der Waals surface area contributed by atoms with Crippen LogP contribution >= 0.6 is 0 Å². The Bertz CT molecular complexity index is 353. The Morgan fingerprint density at radius 1 is 1.47 bits per heavy atom. The third-order valence-electron chi connectivity index (χ3n) is 1.88. The number of para-hydroxylation sites is 1. The molecule has 0 spiro atoms. The SMILES string of the molecule is CC(CS(=O)O)C(=O)Nc1ccccc1. The average Bonchev–Trinajstić information content (AvgIpc) is 2.18. The maximum absolute atomic E-state index is 11.5. The van der Waals surface area contributed by atoms with Crippen LogP contribution in [0.3, 0.4) is 0 Å². The molecule has 15 heavy (non-hydrogen) atoms. The average molecular weight is 227 g/mol. The van der Waals surface area contributed by atoms with Crippen LogP contribution in [0.4, 0.5) is 5.69 Å². The quantitative estimate of drug-likeness (QED) is 0.766. The highest BCUT2D eigenvalue weighted by Crippen LogP contribution is 2.08. The number of carbonyl (C=O) groups is 1. The number of anilines is 1. The van der Waals surface area contributed by atoms with E-state index in [1.54, 1.807) is 19.1 Å². The normalized spacial score (nSPS) is 14.3. The van der Waals surface area contributed by atoms with Gasteiger partial charge in [-0.1, -0.05) is 25.1 Å². The fourth-order valence-electron chi connectivity index (χ4n) is 1.08. The minimum Gasteiger partial charge on any atom is -0.326 e. The number of hydrogen-bond acceptors (Lipinski definition) is 2. The molecule has 0 bridgehead atoms. The summed E-state index contributed by atoms with van der Waals surface area (Å²) in [5.41, 5.74) is 0.693. The molecule has 0 saturated carbocycles. The monoisotopic (exact) mass is 227 g/mol. The highest BCUT2D eigenvalue weighted by Gasteiger charge is 2.15. The third kappa shape index (κ3) is 4.22. The van der Waals surface area contributed by atoms with Crippen molar-refractivity contribution in [3.8, 4) is 0 Å². The van der Waals surface area contributed by atoms with Crippen LogP contribution in [0.25, 0.3) is 0 Å². The lowest BCUT2D eigenvalue weighted by molar-refractivity contribution is -0.118. The van der Waals surface area contributed by atoms with E-state index in [-0.39, 0.29) is 11.7 Å². The molecule has 1 aromatic rings. The molecular weight excluding hydrogens is 214 g/mol. The number of nitrogens with one attached hydrogen (secondary N) is 1. The van der Waals surface area contributed by atoms with Gasteiger partial charge in [0.25, 0.3) is 0 Å². The van der Waals surface area contributed by atoms with Crippen LogP contribution in [0, 0.1) is 5.92 Å². The first kappa shape index (κ1) is 11.9. The first-order chi connectivity index (χ1) is 7.09. The molecule has 82 valence electrons. The van der Waals surface area contributed by atoms with Crippen LogP contribution in [0.1, 0.15) is 6.92 Å². The van der Waals surface area contributed by atoms with E-state index in [1.807, 2.05) is 18.2 Å². The van der Waals surface area contributed by atoms with E-state index in [0.717, 1.165) is 0 Å². The first-order valence-corrected chi connectivity index (χ1v) is 5.80. The van der Waals surface area contributed by atoms with Crippen molar-refractivity contribution in [1.82, 2.24) is 0 Å². The molecule has 0 saturated heterocycles. The maximum atomic E-state index is 11.5. The number of rotatable bonds is 4. The molecule has 1 aromatic carbocycles. The summed E-state index contributed by atoms with van der Waals surface area (Å²) in [4.78, 5) is 11.5. The lowest BCUT2D eigenvalue weighted by Crippen LogP contribution is -2.24. The fraction of sp³-hybridized carbons (Fsp3) is 0.300. The van der Waals surface area contributed by atoms with Gasteiger partial charge >= 0.3 is 0 Å². The molecule has 2 N–H and O–H groups in total. The summed E-state index contributed by atoms with van der Waals surface area (Å²) >= 11 is -1.94. The summed E-state index contributed by atoms with van der Waals surface area (Å²) in [5.74, 6) is -0.766. The summed E-state index contributed by atoms with van der Waals surface area (Å²) < 4.78 is 19.1. The molecule has 1 rings (SSSR count). The number of amides is 1. The molecule has 5 heteroatoms. The van der Waals surface area contributed by atoms with Gasteiger partial charge in [0.15, 0.2) is 11.1 Å². The zero-order valence-electron chi connectivity index (χ0n) is 8.34. The second-order valence-corrected chi connectivity index (χ2v) is 4.22. The smallest absolute Gasteiger partial charge is 0.228 e. The van der Waals surface area contributed by atoms with Crippen molar-refractivity contribution in [2.75, 3.05) is 11.1 Å². The highest BCUT2D eigenvalue weighted by molar-refractivity contribution is 7.79. The molecule has 4 nitrogen and oxygen atoms in total. The number of hydrogen-bond donors (Lipinski definition) is 2. The van der Waals surface area contributed by atoms with Crippen molar-refractivity contribution in [2.24, 2.45) is 5.92 Å². The van der Waals surface area contributed by atoms with Crippen molar-refractivity contribution in [3.63, 3.8) is 0 Å². The largest absolute Gasteiger partial charge is 0.326 e. The molecule has 0 aliphatic heterocycles. The topological polar surface area (TPSA) is 66.4 Å². The van der Waals surface area contributed by atoms with E-state index in [2.05, 4.69) is 5.32 Å². The molecule has 1 amide bonds. The minimum atomic E-state index is -1.94. The van der Waals surface area contributed by atoms with Gasteiger partial charge < -0.3 is 9.87 Å². The van der Waals surface area contributed by atoms with Crippen LogP contribution in [0.5, 0.6) is 0 Å². The predicted octanol–water partition coefficient (Wildman–Crippen LogP) is 1.48. The summed E-state index contributed by atoms with van der Waals surface area (Å²) in [6.07, 6.45) is 0. The van der Waals surface area contributed by atoms with Gasteiger partial charge in [0, 0.05) is 11.6 Å². The molecule has 2 unspecified atom stereocenters. The first-order valence-electron chi connectivity index (χ1n) is 4.53. The highest BCUT2D eigenvalue weighted by atomic mass is 32.2. The van der Waals surface area contributed by atoms with Crippen molar-refractivity contribution in [2.45, 2.75) is 6.92 Å². The van der Waals surface area contributed by atoms with Gasteiger partial charge in [-0.2, -0.15) is 0 Å². The predicted molar refractivity (Wildman–Crippen MR) is 59.9 cm³/mol. The van der Waals surface area contributed by atoms with Crippen molar-refractivity contribution in [3.05, 3.63) is 30.3 Å². The van der Waals surface area contributed by atoms with Crippen LogP contribution in [0.2, 0.25) is 0 Å². The van der Waals surface area contributed by atoms with Gasteiger partial charge in [-0.3, -0.25) is 4.79 Å². The van der Waals surface area contributed by atoms with Gasteiger partial charge in [0.2, 0.25) is 5.91 Å². The summed E-state index contributed by atoms with van der Waals surface area (Å²) in [6.45, 7) is 1.62. The van der Waals surface area contributed by atoms with Gasteiger partial charge in [-0.25, -0.2) is 4.21 Å². The van der Waals surface area contributed by atoms with Gasteiger partial charge in [0.05, 0.1) is 5.75 Å². The Labute approximate surface area is 91.0 Å². The van der Waals surface area contributed by atoms with Crippen LogP contribution in [-0.4, -0.2) is 20.4 Å². The zero-order chi connectivity index (χ0) is 11.3. The Hall–Kier alpha value is -1.20. The second-order valence-electron chi connectivity index (χ2n) is 3.24. The Morgan fingerprint density at radius 2 is 2.07 bits per heavy atom. The molecule has 0 aromatic heterocycles. The lowest BCUT2D eigenvalue weighted by atomic mass is 10.2. The number of carbonyl (C=O) groups excluding carboxylic acids is 1.